The summed E-state index contributed by atoms with van der Waals surface area (Å²) in [7, 11) is -2.65. The number of ether oxygens (including phenoxy) is 1. The number of anilines is 1. The average molecular weight is 485 g/mol. The van der Waals surface area contributed by atoms with Crippen molar-refractivity contribution in [3.8, 4) is 5.88 Å². The Hall–Kier alpha value is -2.07. The molecule has 1 aromatic carbocycles. The molecule has 2 heterocycles. The summed E-state index contributed by atoms with van der Waals surface area (Å²) >= 11 is 13.4. The molecule has 0 radical (unpaired) electrons. The van der Waals surface area contributed by atoms with Gasteiger partial charge in [-0.15, -0.1) is 11.8 Å². The van der Waals surface area contributed by atoms with Crippen LogP contribution in [-0.4, -0.2) is 36.2 Å². The molecule has 11 heteroatoms. The highest BCUT2D eigenvalue weighted by Crippen LogP contribution is 2.32. The standard InChI is InChI=1S/C19H18Cl2N4O3S2/c1-12(13-5-4-8-22-9-13)11-29-16-10-23-18(19(24-16)28-2)25-30(26,27)15-7-3-6-14(20)17(15)21/h3-10,12H,11H2,1-2H3,(H,23,25). The van der Waals surface area contributed by atoms with Crippen molar-refractivity contribution in [1.82, 2.24) is 15.0 Å². The largest absolute Gasteiger partial charge is 0.478 e. The summed E-state index contributed by atoms with van der Waals surface area (Å²) in [6.07, 6.45) is 5.05. The van der Waals surface area contributed by atoms with Crippen LogP contribution >= 0.6 is 35.0 Å². The molecule has 1 atom stereocenters. The van der Waals surface area contributed by atoms with Gasteiger partial charge in [-0.05, 0) is 29.7 Å². The molecule has 0 aliphatic carbocycles. The smallest absolute Gasteiger partial charge is 0.264 e. The van der Waals surface area contributed by atoms with E-state index in [1.54, 1.807) is 6.20 Å². The van der Waals surface area contributed by atoms with Gasteiger partial charge in [0.15, 0.2) is 0 Å². The zero-order valence-corrected chi connectivity index (χ0v) is 19.2. The number of sulfonamides is 1. The average Bonchev–Trinajstić information content (AvgIpc) is 2.75. The van der Waals surface area contributed by atoms with E-state index in [0.29, 0.717) is 5.03 Å². The second-order valence-corrected chi connectivity index (χ2v) is 9.70. The summed E-state index contributed by atoms with van der Waals surface area (Å²) in [5.74, 6) is 1.00. The molecule has 2 aromatic heterocycles. The Bertz CT molecular complexity index is 1130. The lowest BCUT2D eigenvalue weighted by atomic mass is 10.1. The molecule has 0 fully saturated rings. The van der Waals surface area contributed by atoms with Gasteiger partial charge >= 0.3 is 0 Å². The Morgan fingerprint density at radius 3 is 2.70 bits per heavy atom. The number of nitrogens with one attached hydrogen (secondary N) is 1. The van der Waals surface area contributed by atoms with E-state index in [2.05, 4.69) is 26.6 Å². The van der Waals surface area contributed by atoms with E-state index in [9.17, 15) is 8.42 Å². The van der Waals surface area contributed by atoms with Crippen molar-refractivity contribution in [2.45, 2.75) is 22.8 Å². The molecule has 1 unspecified atom stereocenters. The van der Waals surface area contributed by atoms with Gasteiger partial charge in [0, 0.05) is 18.1 Å². The lowest BCUT2D eigenvalue weighted by Gasteiger charge is -2.13. The highest BCUT2D eigenvalue weighted by molar-refractivity contribution is 7.99. The maximum Gasteiger partial charge on any atom is 0.264 e. The number of aromatic nitrogens is 3. The van der Waals surface area contributed by atoms with Crippen LogP contribution in [0.2, 0.25) is 10.0 Å². The molecule has 7 nitrogen and oxygen atoms in total. The molecule has 0 spiro atoms. The molecule has 0 saturated carbocycles. The van der Waals surface area contributed by atoms with Gasteiger partial charge in [0.1, 0.15) is 9.92 Å². The fourth-order valence-corrected chi connectivity index (χ4v) is 5.14. The van der Waals surface area contributed by atoms with E-state index >= 15 is 0 Å². The topological polar surface area (TPSA) is 94.1 Å². The van der Waals surface area contributed by atoms with E-state index in [1.165, 1.54) is 43.3 Å². The number of hydrogen-bond acceptors (Lipinski definition) is 7. The predicted octanol–water partition coefficient (Wildman–Crippen LogP) is 4.88. The number of hydrogen-bond donors (Lipinski definition) is 1. The van der Waals surface area contributed by atoms with Crippen molar-refractivity contribution in [3.05, 3.63) is 64.5 Å². The lowest BCUT2D eigenvalue weighted by Crippen LogP contribution is -2.16. The number of nitrogens with zero attached hydrogens (tertiary/aromatic N) is 3. The van der Waals surface area contributed by atoms with Crippen LogP contribution in [0.25, 0.3) is 0 Å². The zero-order chi connectivity index (χ0) is 21.7. The van der Waals surface area contributed by atoms with E-state index < -0.39 is 10.0 Å². The van der Waals surface area contributed by atoms with Gasteiger partial charge in [-0.1, -0.05) is 42.3 Å². The molecular formula is C19H18Cl2N4O3S2. The minimum absolute atomic E-state index is 0.0433. The van der Waals surface area contributed by atoms with Crippen LogP contribution in [0.5, 0.6) is 5.88 Å². The summed E-state index contributed by atoms with van der Waals surface area (Å²) in [6.45, 7) is 2.09. The zero-order valence-electron chi connectivity index (χ0n) is 16.0. The third-order valence-corrected chi connectivity index (χ3v) is 7.55. The van der Waals surface area contributed by atoms with Crippen LogP contribution in [-0.2, 0) is 10.0 Å². The molecule has 0 saturated heterocycles. The van der Waals surface area contributed by atoms with Crippen LogP contribution in [0.15, 0.2) is 58.8 Å². The first kappa shape index (κ1) is 22.6. The second-order valence-electron chi connectivity index (χ2n) is 6.22. The normalized spacial score (nSPS) is 12.4. The van der Waals surface area contributed by atoms with Gasteiger partial charge in [-0.2, -0.15) is 0 Å². The van der Waals surface area contributed by atoms with Gasteiger partial charge < -0.3 is 4.74 Å². The van der Waals surface area contributed by atoms with Crippen LogP contribution in [0.3, 0.4) is 0 Å². The second kappa shape index (κ2) is 9.82. The number of thioether (sulfide) groups is 1. The maximum atomic E-state index is 12.7. The Balaban J connectivity index is 1.76. The third kappa shape index (κ3) is 5.34. The highest BCUT2D eigenvalue weighted by atomic mass is 35.5. The van der Waals surface area contributed by atoms with Crippen LogP contribution in [0.1, 0.15) is 18.4 Å². The molecule has 3 rings (SSSR count). The molecule has 30 heavy (non-hydrogen) atoms. The summed E-state index contributed by atoms with van der Waals surface area (Å²) in [5, 5.41) is 0.661. The highest BCUT2D eigenvalue weighted by Gasteiger charge is 2.23. The Morgan fingerprint density at radius 2 is 2.00 bits per heavy atom. The van der Waals surface area contributed by atoms with Gasteiger partial charge in [0.05, 0.1) is 23.4 Å². The molecule has 3 aromatic rings. The first-order valence-corrected chi connectivity index (χ1v) is 11.9. The van der Waals surface area contributed by atoms with E-state index in [0.717, 1.165) is 11.3 Å². The van der Waals surface area contributed by atoms with Crippen molar-refractivity contribution < 1.29 is 13.2 Å². The molecule has 0 bridgehead atoms. The van der Waals surface area contributed by atoms with Gasteiger partial charge in [0.2, 0.25) is 5.82 Å². The van der Waals surface area contributed by atoms with E-state index in [-0.39, 0.29) is 32.6 Å². The summed E-state index contributed by atoms with van der Waals surface area (Å²) < 4.78 is 33.0. The van der Waals surface area contributed by atoms with Gasteiger partial charge in [-0.3, -0.25) is 9.71 Å². The van der Waals surface area contributed by atoms with Crippen molar-refractivity contribution in [2.75, 3.05) is 17.6 Å². The summed E-state index contributed by atoms with van der Waals surface area (Å²) in [5.41, 5.74) is 1.12. The molecule has 0 aliphatic rings. The van der Waals surface area contributed by atoms with Gasteiger partial charge in [0.25, 0.3) is 15.9 Å². The fourth-order valence-electron chi connectivity index (χ4n) is 2.49. The Labute approximate surface area is 189 Å². The minimum Gasteiger partial charge on any atom is -0.478 e. The van der Waals surface area contributed by atoms with Crippen molar-refractivity contribution in [1.29, 1.82) is 0 Å². The number of methoxy groups -OCH3 is 1. The van der Waals surface area contributed by atoms with Crippen molar-refractivity contribution >= 4 is 50.8 Å². The lowest BCUT2D eigenvalue weighted by molar-refractivity contribution is 0.394. The molecule has 0 amide bonds. The quantitative estimate of drug-likeness (QED) is 0.455. The number of pyridine rings is 1. The predicted molar refractivity (Wildman–Crippen MR) is 119 cm³/mol. The SMILES string of the molecule is COc1nc(SCC(C)c2cccnc2)cnc1NS(=O)(=O)c1cccc(Cl)c1Cl. The van der Waals surface area contributed by atoms with E-state index in [4.69, 9.17) is 27.9 Å². The summed E-state index contributed by atoms with van der Waals surface area (Å²) in [4.78, 5) is 12.5. The monoisotopic (exact) mass is 484 g/mol. The Morgan fingerprint density at radius 1 is 1.20 bits per heavy atom. The fraction of sp³-hybridized carbons (Fsp3) is 0.211. The third-order valence-electron chi connectivity index (χ3n) is 4.08. The van der Waals surface area contributed by atoms with Crippen LogP contribution in [0, 0.1) is 0 Å². The van der Waals surface area contributed by atoms with Crippen LogP contribution < -0.4 is 9.46 Å². The van der Waals surface area contributed by atoms with Crippen LogP contribution in [0.4, 0.5) is 5.82 Å². The first-order valence-electron chi connectivity index (χ1n) is 8.72. The first-order chi connectivity index (χ1) is 14.3. The maximum absolute atomic E-state index is 12.7. The van der Waals surface area contributed by atoms with Crippen molar-refractivity contribution in [3.63, 3.8) is 0 Å². The molecule has 1 N–H and O–H groups in total. The van der Waals surface area contributed by atoms with Gasteiger partial charge in [-0.25, -0.2) is 18.4 Å². The number of benzene rings is 1. The summed E-state index contributed by atoms with van der Waals surface area (Å²) in [6, 6.07) is 8.26. The molecule has 158 valence electrons. The molecular weight excluding hydrogens is 467 g/mol. The Kier molecular flexibility index (Phi) is 7.41. The van der Waals surface area contributed by atoms with E-state index in [1.807, 2.05) is 18.3 Å². The minimum atomic E-state index is -4.04. The number of halogens is 2. The molecule has 0 aliphatic heterocycles. The number of rotatable bonds is 8. The van der Waals surface area contributed by atoms with Crippen molar-refractivity contribution in [2.24, 2.45) is 0 Å².